The van der Waals surface area contributed by atoms with Crippen LogP contribution in [0.5, 0.6) is 11.5 Å². The molecular weight excluding hydrogens is 420 g/mol. The molecular formula is C23H19F2N3O2S. The summed E-state index contributed by atoms with van der Waals surface area (Å²) in [5, 5.41) is 1.16. The van der Waals surface area contributed by atoms with Crippen molar-refractivity contribution in [3.63, 3.8) is 0 Å². The Balaban J connectivity index is 1.92. The SMILES string of the molecule is CCSNc1ccc(Oc2ccc(F)cc2F)c(-c2cn(C)c(=O)c3ccncc23)c1. The molecule has 4 rings (SSSR count). The standard InChI is InChI=1S/C23H19F2N3O2S/c1-3-31-27-15-5-7-21(30-22-6-4-14(24)10-20(22)25)17(11-15)19-13-28(2)23(29)16-8-9-26-12-18(16)19/h4-13,27H,3H2,1-2H3. The van der Waals surface area contributed by atoms with E-state index in [1.807, 2.05) is 19.1 Å². The largest absolute Gasteiger partial charge is 0.454 e. The van der Waals surface area contributed by atoms with Gasteiger partial charge in [0.05, 0.1) is 5.39 Å². The molecule has 0 aliphatic heterocycles. The highest BCUT2D eigenvalue weighted by Gasteiger charge is 2.16. The molecule has 0 spiro atoms. The maximum atomic E-state index is 14.3. The van der Waals surface area contributed by atoms with Gasteiger partial charge in [-0.25, -0.2) is 8.78 Å². The topological polar surface area (TPSA) is 56.1 Å². The van der Waals surface area contributed by atoms with E-state index >= 15 is 0 Å². The van der Waals surface area contributed by atoms with E-state index in [0.29, 0.717) is 27.6 Å². The van der Waals surface area contributed by atoms with Crippen LogP contribution in [0.2, 0.25) is 0 Å². The molecule has 8 heteroatoms. The van der Waals surface area contributed by atoms with Crippen LogP contribution in [-0.2, 0) is 7.05 Å². The number of hydrogen-bond acceptors (Lipinski definition) is 5. The molecule has 2 aromatic carbocycles. The Labute approximate surface area is 181 Å². The molecule has 0 bridgehead atoms. The molecule has 0 aliphatic rings. The third-order valence-electron chi connectivity index (χ3n) is 4.70. The summed E-state index contributed by atoms with van der Waals surface area (Å²) in [5.41, 5.74) is 2.01. The number of nitrogens with zero attached hydrogens (tertiary/aromatic N) is 2. The zero-order chi connectivity index (χ0) is 22.0. The van der Waals surface area contributed by atoms with Crippen LogP contribution in [0.15, 0.2) is 65.8 Å². The second-order valence-electron chi connectivity index (χ2n) is 6.80. The van der Waals surface area contributed by atoms with Crippen molar-refractivity contribution in [2.75, 3.05) is 10.5 Å². The van der Waals surface area contributed by atoms with E-state index in [0.717, 1.165) is 23.6 Å². The fraction of sp³-hybridized carbons (Fsp3) is 0.130. The average molecular weight is 439 g/mol. The first-order chi connectivity index (χ1) is 15.0. The van der Waals surface area contributed by atoms with E-state index in [-0.39, 0.29) is 11.3 Å². The van der Waals surface area contributed by atoms with Crippen LogP contribution in [0.1, 0.15) is 6.92 Å². The zero-order valence-corrected chi connectivity index (χ0v) is 17.7. The summed E-state index contributed by atoms with van der Waals surface area (Å²) < 4.78 is 38.1. The lowest BCUT2D eigenvalue weighted by molar-refractivity contribution is 0.439. The van der Waals surface area contributed by atoms with Crippen molar-refractivity contribution >= 4 is 28.4 Å². The van der Waals surface area contributed by atoms with Gasteiger partial charge < -0.3 is 14.0 Å². The van der Waals surface area contributed by atoms with Gasteiger partial charge in [-0.1, -0.05) is 18.9 Å². The van der Waals surface area contributed by atoms with Crippen molar-refractivity contribution in [2.45, 2.75) is 6.92 Å². The van der Waals surface area contributed by atoms with Gasteiger partial charge in [0.25, 0.3) is 5.56 Å². The van der Waals surface area contributed by atoms with E-state index in [1.165, 1.54) is 22.6 Å². The van der Waals surface area contributed by atoms with Gasteiger partial charge in [-0.05, 0) is 36.4 Å². The van der Waals surface area contributed by atoms with E-state index in [9.17, 15) is 13.6 Å². The molecule has 0 radical (unpaired) electrons. The first-order valence-electron chi connectivity index (χ1n) is 9.56. The Morgan fingerprint density at radius 3 is 2.65 bits per heavy atom. The number of aryl methyl sites for hydroxylation is 1. The summed E-state index contributed by atoms with van der Waals surface area (Å²) in [6.45, 7) is 2.03. The monoisotopic (exact) mass is 439 g/mol. The third kappa shape index (κ3) is 4.25. The molecule has 158 valence electrons. The molecule has 0 saturated heterocycles. The number of fused-ring (bicyclic) bond motifs is 1. The van der Waals surface area contributed by atoms with Crippen LogP contribution < -0.4 is 15.0 Å². The molecule has 2 aromatic heterocycles. The van der Waals surface area contributed by atoms with Crippen molar-refractivity contribution in [1.29, 1.82) is 0 Å². The van der Waals surface area contributed by atoms with Gasteiger partial charge in [-0.2, -0.15) is 0 Å². The molecule has 0 amide bonds. The molecule has 0 aliphatic carbocycles. The van der Waals surface area contributed by atoms with E-state index in [2.05, 4.69) is 9.71 Å². The Hall–Kier alpha value is -3.39. The van der Waals surface area contributed by atoms with Crippen LogP contribution in [0, 0.1) is 11.6 Å². The van der Waals surface area contributed by atoms with Crippen LogP contribution in [0.4, 0.5) is 14.5 Å². The number of rotatable bonds is 6. The molecule has 0 unspecified atom stereocenters. The normalized spacial score (nSPS) is 11.0. The lowest BCUT2D eigenvalue weighted by atomic mass is 10.0. The summed E-state index contributed by atoms with van der Waals surface area (Å²) in [6, 6.07) is 10.2. The number of nitrogens with one attached hydrogen (secondary N) is 1. The smallest absolute Gasteiger partial charge is 0.258 e. The number of halogens is 2. The summed E-state index contributed by atoms with van der Waals surface area (Å²) in [6.07, 6.45) is 4.89. The Kier molecular flexibility index (Phi) is 5.90. The zero-order valence-electron chi connectivity index (χ0n) is 16.9. The first kappa shape index (κ1) is 20.9. The van der Waals surface area contributed by atoms with Crippen LogP contribution in [-0.4, -0.2) is 15.3 Å². The number of benzene rings is 2. The van der Waals surface area contributed by atoms with Crippen molar-refractivity contribution in [1.82, 2.24) is 9.55 Å². The molecule has 5 nitrogen and oxygen atoms in total. The lowest BCUT2D eigenvalue weighted by Gasteiger charge is -2.16. The second-order valence-corrected chi connectivity index (χ2v) is 7.87. The predicted octanol–water partition coefficient (Wildman–Crippen LogP) is 5.75. The summed E-state index contributed by atoms with van der Waals surface area (Å²) in [4.78, 5) is 16.7. The van der Waals surface area contributed by atoms with Gasteiger partial charge in [0.1, 0.15) is 11.6 Å². The minimum Gasteiger partial charge on any atom is -0.454 e. The summed E-state index contributed by atoms with van der Waals surface area (Å²) in [7, 11) is 1.67. The Morgan fingerprint density at radius 1 is 1.06 bits per heavy atom. The number of pyridine rings is 2. The highest BCUT2D eigenvalue weighted by molar-refractivity contribution is 8.00. The molecule has 0 saturated carbocycles. The van der Waals surface area contributed by atoms with Gasteiger partial charge in [0, 0.05) is 59.7 Å². The highest BCUT2D eigenvalue weighted by atomic mass is 32.2. The third-order valence-corrected chi connectivity index (χ3v) is 5.37. The maximum absolute atomic E-state index is 14.3. The van der Waals surface area contributed by atoms with E-state index < -0.39 is 11.6 Å². The summed E-state index contributed by atoms with van der Waals surface area (Å²) >= 11 is 1.53. The molecule has 2 heterocycles. The quantitative estimate of drug-likeness (QED) is 0.388. The van der Waals surface area contributed by atoms with Gasteiger partial charge in [-0.15, -0.1) is 0 Å². The number of ether oxygens (including phenoxy) is 1. The molecule has 4 aromatic rings. The van der Waals surface area contributed by atoms with Crippen molar-refractivity contribution < 1.29 is 13.5 Å². The lowest BCUT2D eigenvalue weighted by Crippen LogP contribution is -2.16. The molecule has 0 atom stereocenters. The molecule has 0 fully saturated rings. The van der Waals surface area contributed by atoms with E-state index in [4.69, 9.17) is 4.74 Å². The van der Waals surface area contributed by atoms with E-state index in [1.54, 1.807) is 37.8 Å². The van der Waals surface area contributed by atoms with Crippen LogP contribution in [0.3, 0.4) is 0 Å². The minimum atomic E-state index is -0.804. The van der Waals surface area contributed by atoms with Crippen LogP contribution in [0.25, 0.3) is 21.9 Å². The average Bonchev–Trinajstić information content (AvgIpc) is 2.77. The van der Waals surface area contributed by atoms with Gasteiger partial charge in [0.15, 0.2) is 11.6 Å². The summed E-state index contributed by atoms with van der Waals surface area (Å²) in [5.74, 6) is -0.362. The van der Waals surface area contributed by atoms with Gasteiger partial charge >= 0.3 is 0 Å². The van der Waals surface area contributed by atoms with Crippen molar-refractivity contribution in [3.8, 4) is 22.6 Å². The first-order valence-corrected chi connectivity index (χ1v) is 10.5. The molecule has 31 heavy (non-hydrogen) atoms. The number of anilines is 1. The van der Waals surface area contributed by atoms with Gasteiger partial charge in [0.2, 0.25) is 0 Å². The van der Waals surface area contributed by atoms with Crippen LogP contribution >= 0.6 is 11.9 Å². The van der Waals surface area contributed by atoms with Crippen molar-refractivity contribution in [2.24, 2.45) is 7.05 Å². The minimum absolute atomic E-state index is 0.0986. The fourth-order valence-electron chi connectivity index (χ4n) is 3.25. The Morgan fingerprint density at radius 2 is 1.87 bits per heavy atom. The molecule has 1 N–H and O–H groups in total. The second kappa shape index (κ2) is 8.77. The number of aromatic nitrogens is 2. The Bertz CT molecular complexity index is 1320. The van der Waals surface area contributed by atoms with Crippen molar-refractivity contribution in [3.05, 3.63) is 83.0 Å². The predicted molar refractivity (Wildman–Crippen MR) is 121 cm³/mol. The van der Waals surface area contributed by atoms with Gasteiger partial charge in [-0.3, -0.25) is 9.78 Å². The maximum Gasteiger partial charge on any atom is 0.258 e. The highest BCUT2D eigenvalue weighted by Crippen LogP contribution is 2.39. The fourth-order valence-corrected chi connectivity index (χ4v) is 3.68. The number of hydrogen-bond donors (Lipinski definition) is 1.